The number of rotatable bonds is 8. The maximum atomic E-state index is 13.3. The molecule has 36 heavy (non-hydrogen) atoms. The number of Topliss-reactive ketones (excluding diaryl/α,β-unsaturated/α-hetero) is 1. The van der Waals surface area contributed by atoms with Crippen molar-refractivity contribution in [3.8, 4) is 11.5 Å². The predicted molar refractivity (Wildman–Crippen MR) is 139 cm³/mol. The summed E-state index contributed by atoms with van der Waals surface area (Å²) in [5, 5.41) is 11.3. The zero-order chi connectivity index (χ0) is 25.8. The number of carbonyl (C=O) groups excluding carboxylic acids is 2. The highest BCUT2D eigenvalue weighted by Gasteiger charge is 2.45. The van der Waals surface area contributed by atoms with E-state index < -0.39 is 17.7 Å². The minimum atomic E-state index is -0.685. The molecule has 1 fully saturated rings. The van der Waals surface area contributed by atoms with Crippen molar-refractivity contribution in [2.45, 2.75) is 33.2 Å². The van der Waals surface area contributed by atoms with Crippen molar-refractivity contribution >= 4 is 17.4 Å². The molecule has 0 aromatic heterocycles. The van der Waals surface area contributed by atoms with E-state index in [1.807, 2.05) is 69.3 Å². The highest BCUT2D eigenvalue weighted by Crippen LogP contribution is 2.40. The average Bonchev–Trinajstić information content (AvgIpc) is 3.14. The van der Waals surface area contributed by atoms with E-state index in [0.29, 0.717) is 30.9 Å². The van der Waals surface area contributed by atoms with Gasteiger partial charge in [0.2, 0.25) is 0 Å². The molecule has 186 valence electrons. The van der Waals surface area contributed by atoms with Gasteiger partial charge in [0.1, 0.15) is 17.3 Å². The largest absolute Gasteiger partial charge is 0.507 e. The van der Waals surface area contributed by atoms with E-state index in [0.717, 1.165) is 28.0 Å². The van der Waals surface area contributed by atoms with Crippen molar-refractivity contribution in [1.29, 1.82) is 0 Å². The number of aryl methyl sites for hydroxylation is 2. The van der Waals surface area contributed by atoms with Crippen LogP contribution in [0.5, 0.6) is 11.5 Å². The third kappa shape index (κ3) is 4.98. The zero-order valence-corrected chi connectivity index (χ0v) is 21.1. The molecule has 1 aliphatic rings. The Morgan fingerprint density at radius 3 is 2.28 bits per heavy atom. The predicted octanol–water partition coefficient (Wildman–Crippen LogP) is 5.38. The maximum absolute atomic E-state index is 13.3. The summed E-state index contributed by atoms with van der Waals surface area (Å²) in [5.41, 5.74) is 4.27. The number of benzene rings is 3. The highest BCUT2D eigenvalue weighted by molar-refractivity contribution is 6.46. The lowest BCUT2D eigenvalue weighted by atomic mass is 9.94. The van der Waals surface area contributed by atoms with Crippen LogP contribution in [0.15, 0.2) is 72.3 Å². The van der Waals surface area contributed by atoms with Gasteiger partial charge in [0.15, 0.2) is 0 Å². The Labute approximate surface area is 211 Å². The summed E-state index contributed by atoms with van der Waals surface area (Å²) >= 11 is 0. The van der Waals surface area contributed by atoms with E-state index in [2.05, 4.69) is 0 Å². The van der Waals surface area contributed by atoms with Crippen molar-refractivity contribution < 1.29 is 24.2 Å². The smallest absolute Gasteiger partial charge is 0.295 e. The number of ketones is 1. The van der Waals surface area contributed by atoms with Crippen LogP contribution in [0.1, 0.15) is 40.8 Å². The van der Waals surface area contributed by atoms with Crippen LogP contribution in [0.3, 0.4) is 0 Å². The van der Waals surface area contributed by atoms with Gasteiger partial charge in [0, 0.05) is 12.1 Å². The van der Waals surface area contributed by atoms with Crippen molar-refractivity contribution in [3.63, 3.8) is 0 Å². The van der Waals surface area contributed by atoms with Gasteiger partial charge >= 0.3 is 0 Å². The van der Waals surface area contributed by atoms with Gasteiger partial charge in [-0.05, 0) is 74.2 Å². The third-order valence-electron chi connectivity index (χ3n) is 6.48. The second-order valence-electron chi connectivity index (χ2n) is 8.91. The number of aliphatic hydroxyl groups is 1. The quantitative estimate of drug-likeness (QED) is 0.264. The highest BCUT2D eigenvalue weighted by atomic mass is 16.5. The van der Waals surface area contributed by atoms with E-state index in [1.165, 1.54) is 0 Å². The van der Waals surface area contributed by atoms with Crippen LogP contribution >= 0.6 is 0 Å². The number of methoxy groups -OCH3 is 1. The van der Waals surface area contributed by atoms with Gasteiger partial charge in [0.05, 0.1) is 25.3 Å². The molecule has 1 heterocycles. The second kappa shape index (κ2) is 10.7. The number of amides is 1. The first-order valence-electron chi connectivity index (χ1n) is 12.1. The Bertz CT molecular complexity index is 1290. The van der Waals surface area contributed by atoms with Crippen LogP contribution in [-0.4, -0.2) is 42.0 Å². The lowest BCUT2D eigenvalue weighted by Crippen LogP contribution is -2.31. The Balaban J connectivity index is 1.74. The van der Waals surface area contributed by atoms with E-state index in [4.69, 9.17) is 9.47 Å². The number of ether oxygens (including phenoxy) is 2. The fourth-order valence-electron chi connectivity index (χ4n) is 4.52. The van der Waals surface area contributed by atoms with Gasteiger partial charge < -0.3 is 19.5 Å². The van der Waals surface area contributed by atoms with Crippen LogP contribution in [0, 0.1) is 13.8 Å². The number of hydrogen-bond acceptors (Lipinski definition) is 5. The van der Waals surface area contributed by atoms with E-state index in [-0.39, 0.29) is 11.3 Å². The Morgan fingerprint density at radius 1 is 0.972 bits per heavy atom. The Kier molecular flexibility index (Phi) is 7.44. The van der Waals surface area contributed by atoms with Gasteiger partial charge in [-0.15, -0.1) is 0 Å². The first kappa shape index (κ1) is 25.0. The van der Waals surface area contributed by atoms with Gasteiger partial charge in [-0.1, -0.05) is 42.0 Å². The average molecular weight is 486 g/mol. The molecule has 1 atom stereocenters. The summed E-state index contributed by atoms with van der Waals surface area (Å²) in [7, 11) is 1.61. The summed E-state index contributed by atoms with van der Waals surface area (Å²) < 4.78 is 10.8. The van der Waals surface area contributed by atoms with E-state index >= 15 is 0 Å². The molecule has 0 aliphatic carbocycles. The van der Waals surface area contributed by atoms with E-state index in [1.54, 1.807) is 30.2 Å². The molecule has 1 aliphatic heterocycles. The lowest BCUT2D eigenvalue weighted by Gasteiger charge is -2.25. The Hall–Kier alpha value is -4.06. The van der Waals surface area contributed by atoms with Crippen LogP contribution in [-0.2, 0) is 16.0 Å². The first-order chi connectivity index (χ1) is 17.3. The molecule has 1 saturated heterocycles. The molecule has 0 saturated carbocycles. The normalized spacial score (nSPS) is 16.9. The molecule has 4 rings (SSSR count). The van der Waals surface area contributed by atoms with Gasteiger partial charge in [-0.3, -0.25) is 9.59 Å². The minimum absolute atomic E-state index is 0.0992. The maximum Gasteiger partial charge on any atom is 0.295 e. The zero-order valence-electron chi connectivity index (χ0n) is 21.1. The second-order valence-corrected chi connectivity index (χ2v) is 8.91. The molecule has 0 radical (unpaired) electrons. The number of hydrogen-bond donors (Lipinski definition) is 1. The molecule has 3 aromatic carbocycles. The SMILES string of the molecule is CCOc1ccc(C(O)=C2C(=O)C(=O)N(CCc3ccc(OC)cc3)[C@H]2c2ccc(C)cc2)cc1C. The van der Waals surface area contributed by atoms with Crippen LogP contribution in [0.2, 0.25) is 0 Å². The molecular formula is C30H31NO5. The monoisotopic (exact) mass is 485 g/mol. The van der Waals surface area contributed by atoms with Crippen molar-refractivity contribution in [2.24, 2.45) is 0 Å². The van der Waals surface area contributed by atoms with Gasteiger partial charge in [-0.2, -0.15) is 0 Å². The van der Waals surface area contributed by atoms with Crippen molar-refractivity contribution in [3.05, 3.63) is 100 Å². The number of aliphatic hydroxyl groups excluding tert-OH is 1. The molecule has 0 spiro atoms. The number of carbonyl (C=O) groups is 2. The molecule has 0 unspecified atom stereocenters. The standard InChI is InChI=1S/C30H31NO5/c1-5-36-25-15-12-23(18-20(25)3)28(32)26-27(22-10-6-19(2)7-11-22)31(30(34)29(26)33)17-16-21-8-13-24(35-4)14-9-21/h6-15,18,27,32H,5,16-17H2,1-4H3/t27-/m0/s1. The fraction of sp³-hybridized carbons (Fsp3) is 0.267. The summed E-state index contributed by atoms with van der Waals surface area (Å²) in [4.78, 5) is 28.1. The number of nitrogens with zero attached hydrogens (tertiary/aromatic N) is 1. The molecule has 1 amide bonds. The third-order valence-corrected chi connectivity index (χ3v) is 6.48. The fourth-order valence-corrected chi connectivity index (χ4v) is 4.52. The van der Waals surface area contributed by atoms with Gasteiger partial charge in [0.25, 0.3) is 11.7 Å². The van der Waals surface area contributed by atoms with Crippen LogP contribution < -0.4 is 9.47 Å². The van der Waals surface area contributed by atoms with E-state index in [9.17, 15) is 14.7 Å². The summed E-state index contributed by atoms with van der Waals surface area (Å²) in [6.45, 7) is 6.62. The van der Waals surface area contributed by atoms with Crippen LogP contribution in [0.25, 0.3) is 5.76 Å². The van der Waals surface area contributed by atoms with Gasteiger partial charge in [-0.25, -0.2) is 0 Å². The molecule has 1 N–H and O–H groups in total. The van der Waals surface area contributed by atoms with Crippen LogP contribution in [0.4, 0.5) is 0 Å². The summed E-state index contributed by atoms with van der Waals surface area (Å²) in [6, 6.07) is 19.9. The topological polar surface area (TPSA) is 76.1 Å². The molecule has 6 heteroatoms. The van der Waals surface area contributed by atoms with Crippen molar-refractivity contribution in [1.82, 2.24) is 4.90 Å². The first-order valence-corrected chi connectivity index (χ1v) is 12.1. The molecule has 0 bridgehead atoms. The Morgan fingerprint density at radius 2 is 1.67 bits per heavy atom. The number of likely N-dealkylation sites (tertiary alicyclic amines) is 1. The van der Waals surface area contributed by atoms with Crippen molar-refractivity contribution in [2.75, 3.05) is 20.3 Å². The summed E-state index contributed by atoms with van der Waals surface area (Å²) in [5.74, 6) is -0.0109. The lowest BCUT2D eigenvalue weighted by molar-refractivity contribution is -0.139. The molecular weight excluding hydrogens is 454 g/mol. The summed E-state index contributed by atoms with van der Waals surface area (Å²) in [6.07, 6.45) is 0.557. The minimum Gasteiger partial charge on any atom is -0.507 e. The molecule has 6 nitrogen and oxygen atoms in total. The molecule has 3 aromatic rings.